The van der Waals surface area contributed by atoms with Crippen molar-refractivity contribution in [3.8, 4) is 5.75 Å². The fourth-order valence-corrected chi connectivity index (χ4v) is 2.73. The van der Waals surface area contributed by atoms with E-state index < -0.39 is 15.9 Å². The molecule has 0 aliphatic rings. The van der Waals surface area contributed by atoms with Gasteiger partial charge in [0.1, 0.15) is 5.75 Å². The number of nitrogens with two attached hydrogens (primary N) is 1. The highest BCUT2D eigenvalue weighted by Crippen LogP contribution is 2.27. The molecule has 1 rings (SSSR count). The largest absolute Gasteiger partial charge is 0.482 e. The van der Waals surface area contributed by atoms with Crippen molar-refractivity contribution in [1.82, 2.24) is 10.1 Å². The lowest BCUT2D eigenvalue weighted by atomic mass is 10.3. The first-order chi connectivity index (χ1) is 9.40. The monoisotopic (exact) mass is 321 g/mol. The Kier molecular flexibility index (Phi) is 6.21. The first-order valence-electron chi connectivity index (χ1n) is 5.82. The molecule has 0 aliphatic heterocycles. The maximum atomic E-state index is 11.9. The Morgan fingerprint density at radius 1 is 1.45 bits per heavy atom. The molecule has 0 radical (unpaired) electrons. The second kappa shape index (κ2) is 7.44. The second-order valence-electron chi connectivity index (χ2n) is 3.85. The third-order valence-electron chi connectivity index (χ3n) is 2.28. The molecule has 0 aromatic heterocycles. The van der Waals surface area contributed by atoms with Crippen LogP contribution in [0.5, 0.6) is 5.75 Å². The molecule has 20 heavy (non-hydrogen) atoms. The first-order valence-corrected chi connectivity index (χ1v) is 7.68. The van der Waals surface area contributed by atoms with Crippen LogP contribution in [-0.2, 0) is 14.8 Å². The maximum Gasteiger partial charge on any atom is 0.271 e. The molecule has 0 spiro atoms. The van der Waals surface area contributed by atoms with Crippen molar-refractivity contribution in [2.24, 2.45) is 5.84 Å². The predicted octanol–water partition coefficient (Wildman–Crippen LogP) is 0.397. The Morgan fingerprint density at radius 3 is 2.70 bits per heavy atom. The minimum Gasteiger partial charge on any atom is -0.482 e. The number of ether oxygens (including phenoxy) is 1. The molecule has 1 aromatic rings. The predicted molar refractivity (Wildman–Crippen MR) is 74.8 cm³/mol. The van der Waals surface area contributed by atoms with E-state index in [0.29, 0.717) is 13.0 Å². The number of carbonyl (C=O) groups is 1. The Balaban J connectivity index is 2.85. The van der Waals surface area contributed by atoms with E-state index in [-0.39, 0.29) is 22.3 Å². The molecule has 0 fully saturated rings. The third-order valence-corrected chi connectivity index (χ3v) is 4.03. The molecule has 0 atom stereocenters. The number of hydrogen-bond donors (Lipinski definition) is 3. The number of hydrogen-bond acceptors (Lipinski definition) is 5. The van der Waals surface area contributed by atoms with E-state index in [2.05, 4.69) is 4.72 Å². The maximum absolute atomic E-state index is 11.9. The fraction of sp³-hybridized carbons (Fsp3) is 0.364. The molecule has 0 saturated heterocycles. The van der Waals surface area contributed by atoms with Crippen molar-refractivity contribution >= 4 is 27.5 Å². The lowest BCUT2D eigenvalue weighted by molar-refractivity contribution is -0.123. The van der Waals surface area contributed by atoms with Crippen molar-refractivity contribution < 1.29 is 17.9 Å². The summed E-state index contributed by atoms with van der Waals surface area (Å²) in [7, 11) is -3.59. The van der Waals surface area contributed by atoms with Gasteiger partial charge in [0.25, 0.3) is 5.91 Å². The Labute approximate surface area is 122 Å². The first kappa shape index (κ1) is 16.7. The normalized spacial score (nSPS) is 11.2. The van der Waals surface area contributed by atoms with Crippen molar-refractivity contribution in [2.75, 3.05) is 13.2 Å². The zero-order valence-corrected chi connectivity index (χ0v) is 12.4. The van der Waals surface area contributed by atoms with Crippen LogP contribution >= 0.6 is 11.6 Å². The van der Waals surface area contributed by atoms with Crippen molar-refractivity contribution in [3.63, 3.8) is 0 Å². The molecule has 0 heterocycles. The Morgan fingerprint density at radius 2 is 2.15 bits per heavy atom. The summed E-state index contributed by atoms with van der Waals surface area (Å²) in [6, 6.07) is 3.99. The number of carbonyl (C=O) groups excluding carboxylic acids is 1. The summed E-state index contributed by atoms with van der Waals surface area (Å²) >= 11 is 5.92. The zero-order valence-electron chi connectivity index (χ0n) is 10.8. The van der Waals surface area contributed by atoms with Gasteiger partial charge in [0.15, 0.2) is 6.61 Å². The molecule has 0 saturated carbocycles. The van der Waals surface area contributed by atoms with Crippen LogP contribution in [0, 0.1) is 0 Å². The number of benzene rings is 1. The van der Waals surface area contributed by atoms with Gasteiger partial charge in [-0.05, 0) is 24.6 Å². The van der Waals surface area contributed by atoms with Gasteiger partial charge in [-0.1, -0.05) is 18.5 Å². The number of rotatable bonds is 7. The highest BCUT2D eigenvalue weighted by molar-refractivity contribution is 7.89. The van der Waals surface area contributed by atoms with E-state index in [1.807, 2.05) is 12.3 Å². The van der Waals surface area contributed by atoms with E-state index >= 15 is 0 Å². The highest BCUT2D eigenvalue weighted by Gasteiger charge is 2.15. The average molecular weight is 322 g/mol. The van der Waals surface area contributed by atoms with Gasteiger partial charge >= 0.3 is 0 Å². The fourth-order valence-electron chi connectivity index (χ4n) is 1.27. The van der Waals surface area contributed by atoms with Crippen LogP contribution in [0.25, 0.3) is 0 Å². The lowest BCUT2D eigenvalue weighted by Crippen LogP contribution is -2.34. The van der Waals surface area contributed by atoms with Gasteiger partial charge in [-0.25, -0.2) is 19.0 Å². The molecule has 9 heteroatoms. The minimum absolute atomic E-state index is 0.0339. The van der Waals surface area contributed by atoms with Gasteiger partial charge in [0.05, 0.1) is 9.92 Å². The van der Waals surface area contributed by atoms with Crippen molar-refractivity contribution in [2.45, 2.75) is 18.2 Å². The summed E-state index contributed by atoms with van der Waals surface area (Å²) in [5, 5.41) is 0.0918. The van der Waals surface area contributed by atoms with Crippen molar-refractivity contribution in [1.29, 1.82) is 0 Å². The summed E-state index contributed by atoms with van der Waals surface area (Å²) in [6.45, 7) is 1.89. The SMILES string of the molecule is CCCNS(=O)(=O)c1ccc(OCC(=O)NN)c(Cl)c1. The summed E-state index contributed by atoms with van der Waals surface area (Å²) < 4.78 is 31.3. The quantitative estimate of drug-likeness (QED) is 0.382. The smallest absolute Gasteiger partial charge is 0.271 e. The lowest BCUT2D eigenvalue weighted by Gasteiger charge is -2.10. The third kappa shape index (κ3) is 4.64. The topological polar surface area (TPSA) is 111 Å². The van der Waals surface area contributed by atoms with E-state index in [0.717, 1.165) is 0 Å². The van der Waals surface area contributed by atoms with Crippen molar-refractivity contribution in [3.05, 3.63) is 23.2 Å². The average Bonchev–Trinajstić information content (AvgIpc) is 2.43. The van der Waals surface area contributed by atoms with Gasteiger partial charge < -0.3 is 4.74 Å². The summed E-state index contributed by atoms with van der Waals surface area (Å²) in [6.07, 6.45) is 0.683. The standard InChI is InChI=1S/C11H16ClN3O4S/c1-2-5-14-20(17,18)8-3-4-10(9(12)6-8)19-7-11(16)15-13/h3-4,6,14H,2,5,7,13H2,1H3,(H,15,16). The number of halogens is 1. The summed E-state index contributed by atoms with van der Waals surface area (Å²) in [5.41, 5.74) is 1.90. The van der Waals surface area contributed by atoms with E-state index in [1.165, 1.54) is 18.2 Å². The molecule has 4 N–H and O–H groups in total. The van der Waals surface area contributed by atoms with Crippen LogP contribution < -0.4 is 20.7 Å². The van der Waals surface area contributed by atoms with Gasteiger partial charge in [0, 0.05) is 6.54 Å². The Bertz CT molecular complexity index is 577. The molecule has 7 nitrogen and oxygen atoms in total. The zero-order chi connectivity index (χ0) is 15.2. The molecule has 0 unspecified atom stereocenters. The van der Waals surface area contributed by atoms with Crippen LogP contribution in [0.3, 0.4) is 0 Å². The van der Waals surface area contributed by atoms with E-state index in [9.17, 15) is 13.2 Å². The molecule has 0 bridgehead atoms. The number of nitrogens with one attached hydrogen (secondary N) is 2. The molecule has 1 amide bonds. The number of amides is 1. The molecular formula is C11H16ClN3O4S. The van der Waals surface area contributed by atoms with Gasteiger partial charge in [-0.3, -0.25) is 10.2 Å². The van der Waals surface area contributed by atoms with Crippen LogP contribution in [0.4, 0.5) is 0 Å². The number of sulfonamides is 1. The molecule has 112 valence electrons. The molecule has 1 aromatic carbocycles. The second-order valence-corrected chi connectivity index (χ2v) is 6.02. The van der Waals surface area contributed by atoms with Gasteiger partial charge in [-0.15, -0.1) is 0 Å². The van der Waals surface area contributed by atoms with Crippen LogP contribution in [0.15, 0.2) is 23.1 Å². The van der Waals surface area contributed by atoms with E-state index in [1.54, 1.807) is 0 Å². The highest BCUT2D eigenvalue weighted by atomic mass is 35.5. The van der Waals surface area contributed by atoms with Crippen LogP contribution in [-0.4, -0.2) is 27.5 Å². The van der Waals surface area contributed by atoms with Gasteiger partial charge in [-0.2, -0.15) is 0 Å². The van der Waals surface area contributed by atoms with Crippen LogP contribution in [0.1, 0.15) is 13.3 Å². The summed E-state index contributed by atoms with van der Waals surface area (Å²) in [5.74, 6) is 4.58. The summed E-state index contributed by atoms with van der Waals surface area (Å²) in [4.78, 5) is 11.0. The molecule has 0 aliphatic carbocycles. The Hall–Kier alpha value is -1.35. The van der Waals surface area contributed by atoms with E-state index in [4.69, 9.17) is 22.2 Å². The molecular weight excluding hydrogens is 306 g/mol. The van der Waals surface area contributed by atoms with Gasteiger partial charge in [0.2, 0.25) is 10.0 Å². The number of hydrazine groups is 1. The minimum atomic E-state index is -3.59. The van der Waals surface area contributed by atoms with Crippen LogP contribution in [0.2, 0.25) is 5.02 Å².